The van der Waals surface area contributed by atoms with Crippen LogP contribution in [0.4, 0.5) is 18.9 Å². The standard InChI is InChI=1S/C18H11ClF3N3O2/c19-12-5-9(1-3-13(12)20)17-23-18(27-24-17)10-6-16(26)25(8-10)11-2-4-14(21)15(22)7-11/h1-5,7,10H,6,8H2. The molecule has 4 rings (SSSR count). The summed E-state index contributed by atoms with van der Waals surface area (Å²) in [5.41, 5.74) is 0.727. The molecule has 1 amide bonds. The van der Waals surface area contributed by atoms with E-state index in [2.05, 4.69) is 10.1 Å². The molecular weight excluding hydrogens is 383 g/mol. The van der Waals surface area contributed by atoms with Gasteiger partial charge in [0.25, 0.3) is 0 Å². The molecule has 0 bridgehead atoms. The maximum atomic E-state index is 13.4. The van der Waals surface area contributed by atoms with Crippen LogP contribution in [0.5, 0.6) is 0 Å². The van der Waals surface area contributed by atoms with Gasteiger partial charge >= 0.3 is 0 Å². The number of amides is 1. The number of nitrogens with zero attached hydrogens (tertiary/aromatic N) is 3. The Balaban J connectivity index is 1.56. The van der Waals surface area contributed by atoms with Gasteiger partial charge in [0.15, 0.2) is 11.6 Å². The predicted molar refractivity (Wildman–Crippen MR) is 90.8 cm³/mol. The number of anilines is 1. The summed E-state index contributed by atoms with van der Waals surface area (Å²) in [6.45, 7) is 0.190. The summed E-state index contributed by atoms with van der Waals surface area (Å²) in [4.78, 5) is 17.9. The third-order valence-corrected chi connectivity index (χ3v) is 4.60. The van der Waals surface area contributed by atoms with Gasteiger partial charge in [0, 0.05) is 30.3 Å². The Morgan fingerprint density at radius 1 is 1.07 bits per heavy atom. The molecule has 1 aromatic heterocycles. The third-order valence-electron chi connectivity index (χ3n) is 4.31. The average molecular weight is 394 g/mol. The molecule has 0 N–H and O–H groups in total. The smallest absolute Gasteiger partial charge is 0.232 e. The van der Waals surface area contributed by atoms with Gasteiger partial charge in [-0.3, -0.25) is 4.79 Å². The molecule has 27 heavy (non-hydrogen) atoms. The molecule has 3 aromatic rings. The first-order valence-corrected chi connectivity index (χ1v) is 8.34. The summed E-state index contributed by atoms with van der Waals surface area (Å²) in [6, 6.07) is 7.29. The van der Waals surface area contributed by atoms with E-state index in [0.717, 1.165) is 12.1 Å². The molecule has 0 saturated carbocycles. The Morgan fingerprint density at radius 3 is 2.59 bits per heavy atom. The molecule has 5 nitrogen and oxygen atoms in total. The summed E-state index contributed by atoms with van der Waals surface area (Å²) in [5.74, 6) is -2.81. The van der Waals surface area contributed by atoms with Crippen molar-refractivity contribution in [3.63, 3.8) is 0 Å². The van der Waals surface area contributed by atoms with Crippen LogP contribution in [-0.4, -0.2) is 22.6 Å². The molecule has 138 valence electrons. The quantitative estimate of drug-likeness (QED) is 0.664. The SMILES string of the molecule is O=C1CC(c2nc(-c3ccc(F)c(Cl)c3)no2)CN1c1ccc(F)c(F)c1. The molecule has 1 fully saturated rings. The van der Waals surface area contributed by atoms with E-state index < -0.39 is 23.4 Å². The van der Waals surface area contributed by atoms with Crippen molar-refractivity contribution in [3.05, 3.63) is 64.8 Å². The van der Waals surface area contributed by atoms with Crippen molar-refractivity contribution in [2.75, 3.05) is 11.4 Å². The Kier molecular flexibility index (Phi) is 4.35. The van der Waals surface area contributed by atoms with Gasteiger partial charge in [-0.1, -0.05) is 16.8 Å². The fourth-order valence-corrected chi connectivity index (χ4v) is 3.11. The van der Waals surface area contributed by atoms with E-state index in [4.69, 9.17) is 16.1 Å². The number of benzene rings is 2. The van der Waals surface area contributed by atoms with Crippen LogP contribution in [0.3, 0.4) is 0 Å². The zero-order valence-electron chi connectivity index (χ0n) is 13.6. The first-order valence-electron chi connectivity index (χ1n) is 7.97. The number of aromatic nitrogens is 2. The minimum absolute atomic E-state index is 0.0700. The van der Waals surface area contributed by atoms with Crippen molar-refractivity contribution < 1.29 is 22.5 Å². The number of hydrogen-bond acceptors (Lipinski definition) is 4. The van der Waals surface area contributed by atoms with Crippen molar-refractivity contribution in [2.24, 2.45) is 0 Å². The lowest BCUT2D eigenvalue weighted by atomic mass is 10.1. The summed E-state index contributed by atoms with van der Waals surface area (Å²) < 4.78 is 45.1. The summed E-state index contributed by atoms with van der Waals surface area (Å²) in [5, 5.41) is 3.77. The van der Waals surface area contributed by atoms with Crippen molar-refractivity contribution in [3.8, 4) is 11.4 Å². The number of carbonyl (C=O) groups excluding carboxylic acids is 1. The Labute approximate surface area is 156 Å². The molecule has 0 radical (unpaired) electrons. The van der Waals surface area contributed by atoms with E-state index in [1.165, 1.54) is 29.2 Å². The summed E-state index contributed by atoms with van der Waals surface area (Å²) in [6.07, 6.45) is 0.0881. The summed E-state index contributed by atoms with van der Waals surface area (Å²) >= 11 is 5.76. The molecule has 1 aliphatic heterocycles. The van der Waals surface area contributed by atoms with E-state index >= 15 is 0 Å². The van der Waals surface area contributed by atoms with Gasteiger partial charge in [-0.05, 0) is 30.3 Å². The molecule has 1 atom stereocenters. The summed E-state index contributed by atoms with van der Waals surface area (Å²) in [7, 11) is 0. The minimum Gasteiger partial charge on any atom is -0.339 e. The van der Waals surface area contributed by atoms with Gasteiger partial charge in [-0.2, -0.15) is 4.98 Å². The Morgan fingerprint density at radius 2 is 1.85 bits per heavy atom. The predicted octanol–water partition coefficient (Wildman–Crippen LogP) is 4.33. The number of rotatable bonds is 3. The van der Waals surface area contributed by atoms with Crippen LogP contribution in [0, 0.1) is 17.5 Å². The lowest BCUT2D eigenvalue weighted by Gasteiger charge is -2.16. The van der Waals surface area contributed by atoms with Crippen molar-refractivity contribution in [2.45, 2.75) is 12.3 Å². The van der Waals surface area contributed by atoms with Crippen LogP contribution in [0.25, 0.3) is 11.4 Å². The van der Waals surface area contributed by atoms with Crippen LogP contribution < -0.4 is 4.90 Å². The van der Waals surface area contributed by atoms with E-state index in [0.29, 0.717) is 5.56 Å². The van der Waals surface area contributed by atoms with Crippen LogP contribution in [0.15, 0.2) is 40.9 Å². The number of halogens is 4. The highest BCUT2D eigenvalue weighted by atomic mass is 35.5. The largest absolute Gasteiger partial charge is 0.339 e. The Bertz CT molecular complexity index is 1040. The maximum Gasteiger partial charge on any atom is 0.232 e. The molecule has 2 aromatic carbocycles. The van der Waals surface area contributed by atoms with Gasteiger partial charge in [-0.15, -0.1) is 0 Å². The van der Waals surface area contributed by atoms with E-state index in [1.807, 2.05) is 0 Å². The molecule has 9 heteroatoms. The molecule has 0 aliphatic carbocycles. The van der Waals surface area contributed by atoms with Gasteiger partial charge in [0.2, 0.25) is 17.6 Å². The number of hydrogen-bond donors (Lipinski definition) is 0. The topological polar surface area (TPSA) is 59.2 Å². The highest BCUT2D eigenvalue weighted by Gasteiger charge is 2.35. The normalized spacial score (nSPS) is 17.0. The fraction of sp³-hybridized carbons (Fsp3) is 0.167. The van der Waals surface area contributed by atoms with Gasteiger partial charge in [0.1, 0.15) is 5.82 Å². The average Bonchev–Trinajstić information content (AvgIpc) is 3.27. The second kappa shape index (κ2) is 6.70. The molecule has 1 unspecified atom stereocenters. The van der Waals surface area contributed by atoms with Gasteiger partial charge < -0.3 is 9.42 Å². The van der Waals surface area contributed by atoms with Crippen LogP contribution in [0.1, 0.15) is 18.2 Å². The molecule has 2 heterocycles. The van der Waals surface area contributed by atoms with Gasteiger partial charge in [0.05, 0.1) is 10.9 Å². The molecule has 1 saturated heterocycles. The highest BCUT2D eigenvalue weighted by molar-refractivity contribution is 6.31. The lowest BCUT2D eigenvalue weighted by molar-refractivity contribution is -0.117. The highest BCUT2D eigenvalue weighted by Crippen LogP contribution is 2.33. The van der Waals surface area contributed by atoms with Crippen molar-refractivity contribution >= 4 is 23.2 Å². The van der Waals surface area contributed by atoms with Crippen LogP contribution >= 0.6 is 11.6 Å². The van der Waals surface area contributed by atoms with E-state index in [9.17, 15) is 18.0 Å². The van der Waals surface area contributed by atoms with E-state index in [1.54, 1.807) is 0 Å². The second-order valence-electron chi connectivity index (χ2n) is 6.09. The van der Waals surface area contributed by atoms with Crippen LogP contribution in [0.2, 0.25) is 5.02 Å². The van der Waals surface area contributed by atoms with E-state index in [-0.39, 0.29) is 41.3 Å². The first-order chi connectivity index (χ1) is 12.9. The molecular formula is C18H11ClF3N3O2. The van der Waals surface area contributed by atoms with Crippen LogP contribution in [-0.2, 0) is 4.79 Å². The lowest BCUT2D eigenvalue weighted by Crippen LogP contribution is -2.24. The Hall–Kier alpha value is -2.87. The minimum atomic E-state index is -1.03. The van der Waals surface area contributed by atoms with Crippen molar-refractivity contribution in [1.29, 1.82) is 0 Å². The van der Waals surface area contributed by atoms with Gasteiger partial charge in [-0.25, -0.2) is 13.2 Å². The molecule has 0 spiro atoms. The monoisotopic (exact) mass is 393 g/mol. The third kappa shape index (κ3) is 3.28. The maximum absolute atomic E-state index is 13.4. The fourth-order valence-electron chi connectivity index (χ4n) is 2.93. The first kappa shape index (κ1) is 17.5. The van der Waals surface area contributed by atoms with Crippen molar-refractivity contribution in [1.82, 2.24) is 10.1 Å². The second-order valence-corrected chi connectivity index (χ2v) is 6.50. The zero-order chi connectivity index (χ0) is 19.1. The number of carbonyl (C=O) groups is 1. The molecule has 1 aliphatic rings. The zero-order valence-corrected chi connectivity index (χ0v) is 14.4.